The molecule has 0 radical (unpaired) electrons. The van der Waals surface area contributed by atoms with E-state index in [9.17, 15) is 0 Å². The largest absolute Gasteiger partial charge is 0.396 e. The topological polar surface area (TPSA) is 48.4 Å². The maximum Gasteiger partial charge on any atom is 0.128 e. The maximum absolute atomic E-state index is 9.16. The van der Waals surface area contributed by atoms with Crippen LogP contribution in [0.3, 0.4) is 0 Å². The number of nitrogens with one attached hydrogen (secondary N) is 1. The molecule has 0 saturated carbocycles. The van der Waals surface area contributed by atoms with Crippen molar-refractivity contribution in [3.8, 4) is 0 Å². The lowest BCUT2D eigenvalue weighted by Gasteiger charge is -2.17. The Morgan fingerprint density at radius 3 is 2.89 bits per heavy atom. The van der Waals surface area contributed by atoms with Crippen LogP contribution < -0.4 is 10.2 Å². The van der Waals surface area contributed by atoms with Crippen LogP contribution in [0.5, 0.6) is 0 Å². The van der Waals surface area contributed by atoms with Crippen LogP contribution in [0.15, 0.2) is 18.3 Å². The van der Waals surface area contributed by atoms with Crippen LogP contribution in [-0.4, -0.2) is 36.3 Å². The average molecular weight is 263 g/mol. The summed E-state index contributed by atoms with van der Waals surface area (Å²) in [5, 5.41) is 12.6. The van der Waals surface area contributed by atoms with Gasteiger partial charge in [-0.3, -0.25) is 0 Å². The predicted molar refractivity (Wildman–Crippen MR) is 78.2 cm³/mol. The summed E-state index contributed by atoms with van der Waals surface area (Å²) in [5.41, 5.74) is 1.22. The molecule has 1 saturated heterocycles. The Labute approximate surface area is 115 Å². The molecule has 1 aromatic heterocycles. The van der Waals surface area contributed by atoms with E-state index in [4.69, 9.17) is 5.11 Å². The van der Waals surface area contributed by atoms with Crippen LogP contribution >= 0.6 is 0 Å². The second kappa shape index (κ2) is 6.87. The summed E-state index contributed by atoms with van der Waals surface area (Å²) in [6, 6.07) is 4.23. The third kappa shape index (κ3) is 4.18. The van der Waals surface area contributed by atoms with Crippen LogP contribution in [0.2, 0.25) is 0 Å². The van der Waals surface area contributed by atoms with E-state index in [1.54, 1.807) is 0 Å². The lowest BCUT2D eigenvalue weighted by atomic mass is 10.1. The first-order valence-electron chi connectivity index (χ1n) is 7.20. The molecular weight excluding hydrogens is 238 g/mol. The van der Waals surface area contributed by atoms with Crippen molar-refractivity contribution in [3.05, 3.63) is 23.9 Å². The molecule has 106 valence electrons. The number of pyridine rings is 1. The lowest BCUT2D eigenvalue weighted by Crippen LogP contribution is -2.22. The smallest absolute Gasteiger partial charge is 0.128 e. The molecule has 1 unspecified atom stereocenters. The van der Waals surface area contributed by atoms with Gasteiger partial charge >= 0.3 is 0 Å². The fourth-order valence-corrected chi connectivity index (χ4v) is 2.40. The first kappa shape index (κ1) is 14.3. The number of aliphatic hydroxyl groups is 1. The standard InChI is InChI=1S/C15H25N3O/c1-12(2)7-16-8-13-3-4-15(17-9-13)18-6-5-14(10-18)11-19/h3-4,9,12,14,16,19H,5-8,10-11H2,1-2H3. The maximum atomic E-state index is 9.16. The molecule has 1 aliphatic rings. The van der Waals surface area contributed by atoms with E-state index in [1.807, 2.05) is 6.20 Å². The van der Waals surface area contributed by atoms with Gasteiger partial charge in [-0.15, -0.1) is 0 Å². The summed E-state index contributed by atoms with van der Waals surface area (Å²) in [7, 11) is 0. The van der Waals surface area contributed by atoms with E-state index in [-0.39, 0.29) is 6.61 Å². The minimum atomic E-state index is 0.285. The van der Waals surface area contributed by atoms with E-state index in [2.05, 4.69) is 41.2 Å². The normalized spacial score (nSPS) is 19.4. The van der Waals surface area contributed by atoms with E-state index >= 15 is 0 Å². The highest BCUT2D eigenvalue weighted by Gasteiger charge is 2.22. The highest BCUT2D eigenvalue weighted by atomic mass is 16.3. The minimum absolute atomic E-state index is 0.285. The Morgan fingerprint density at radius 2 is 2.32 bits per heavy atom. The highest BCUT2D eigenvalue weighted by molar-refractivity contribution is 5.40. The van der Waals surface area contributed by atoms with Gasteiger partial charge in [0.05, 0.1) is 0 Å². The third-order valence-corrected chi connectivity index (χ3v) is 3.56. The van der Waals surface area contributed by atoms with Crippen molar-refractivity contribution in [2.75, 3.05) is 31.1 Å². The van der Waals surface area contributed by atoms with Crippen molar-refractivity contribution >= 4 is 5.82 Å². The molecule has 0 amide bonds. The van der Waals surface area contributed by atoms with Crippen LogP contribution in [-0.2, 0) is 6.54 Å². The monoisotopic (exact) mass is 263 g/mol. The molecular formula is C15H25N3O. The minimum Gasteiger partial charge on any atom is -0.396 e. The van der Waals surface area contributed by atoms with Crippen LogP contribution in [0.1, 0.15) is 25.8 Å². The fraction of sp³-hybridized carbons (Fsp3) is 0.667. The Kier molecular flexibility index (Phi) is 5.16. The molecule has 4 nitrogen and oxygen atoms in total. The molecule has 0 spiro atoms. The van der Waals surface area contributed by atoms with E-state index in [0.717, 1.165) is 38.4 Å². The zero-order valence-electron chi connectivity index (χ0n) is 12.0. The van der Waals surface area contributed by atoms with Gasteiger partial charge in [0.1, 0.15) is 5.82 Å². The molecule has 0 aliphatic carbocycles. The SMILES string of the molecule is CC(C)CNCc1ccc(N2CCC(CO)C2)nc1. The molecule has 2 rings (SSSR count). The number of aliphatic hydroxyl groups excluding tert-OH is 1. The molecule has 19 heavy (non-hydrogen) atoms. The number of hydrogen-bond acceptors (Lipinski definition) is 4. The first-order chi connectivity index (χ1) is 9.19. The van der Waals surface area contributed by atoms with Crippen molar-refractivity contribution in [2.24, 2.45) is 11.8 Å². The number of rotatable bonds is 6. The molecule has 1 fully saturated rings. The average Bonchev–Trinajstić information content (AvgIpc) is 2.88. The van der Waals surface area contributed by atoms with Gasteiger partial charge < -0.3 is 15.3 Å². The molecule has 0 bridgehead atoms. The van der Waals surface area contributed by atoms with Crippen LogP contribution in [0.4, 0.5) is 5.82 Å². The quantitative estimate of drug-likeness (QED) is 0.819. The van der Waals surface area contributed by atoms with Gasteiger partial charge in [-0.1, -0.05) is 19.9 Å². The van der Waals surface area contributed by atoms with Gasteiger partial charge in [-0.05, 0) is 30.5 Å². The Morgan fingerprint density at radius 1 is 1.47 bits per heavy atom. The summed E-state index contributed by atoms with van der Waals surface area (Å²) >= 11 is 0. The Balaban J connectivity index is 1.84. The number of aromatic nitrogens is 1. The summed E-state index contributed by atoms with van der Waals surface area (Å²) in [5.74, 6) is 2.12. The summed E-state index contributed by atoms with van der Waals surface area (Å²) in [6.45, 7) is 8.54. The van der Waals surface area contributed by atoms with Gasteiger partial charge in [-0.2, -0.15) is 0 Å². The van der Waals surface area contributed by atoms with Crippen molar-refractivity contribution in [1.29, 1.82) is 0 Å². The highest BCUT2D eigenvalue weighted by Crippen LogP contribution is 2.21. The van der Waals surface area contributed by atoms with Crippen molar-refractivity contribution in [3.63, 3.8) is 0 Å². The Hall–Kier alpha value is -1.13. The van der Waals surface area contributed by atoms with Crippen LogP contribution in [0.25, 0.3) is 0 Å². The van der Waals surface area contributed by atoms with Crippen molar-refractivity contribution in [1.82, 2.24) is 10.3 Å². The van der Waals surface area contributed by atoms with Crippen molar-refractivity contribution < 1.29 is 5.11 Å². The summed E-state index contributed by atoms with van der Waals surface area (Å²) < 4.78 is 0. The fourth-order valence-electron chi connectivity index (χ4n) is 2.40. The molecule has 1 aliphatic heterocycles. The molecule has 0 aromatic carbocycles. The molecule has 2 heterocycles. The van der Waals surface area contributed by atoms with E-state index in [1.165, 1.54) is 5.56 Å². The molecule has 1 atom stereocenters. The van der Waals surface area contributed by atoms with Gasteiger partial charge in [-0.25, -0.2) is 4.98 Å². The van der Waals surface area contributed by atoms with Gasteiger partial charge in [0, 0.05) is 38.4 Å². The second-order valence-electron chi connectivity index (χ2n) is 5.83. The third-order valence-electron chi connectivity index (χ3n) is 3.56. The molecule has 1 aromatic rings. The zero-order valence-corrected chi connectivity index (χ0v) is 12.0. The number of hydrogen-bond donors (Lipinski definition) is 2. The molecule has 4 heteroatoms. The van der Waals surface area contributed by atoms with Gasteiger partial charge in [0.15, 0.2) is 0 Å². The lowest BCUT2D eigenvalue weighted by molar-refractivity contribution is 0.238. The second-order valence-corrected chi connectivity index (χ2v) is 5.83. The zero-order chi connectivity index (χ0) is 13.7. The number of anilines is 1. The summed E-state index contributed by atoms with van der Waals surface area (Å²) in [4.78, 5) is 6.79. The first-order valence-corrected chi connectivity index (χ1v) is 7.20. The molecule has 2 N–H and O–H groups in total. The van der Waals surface area contributed by atoms with Gasteiger partial charge in [0.25, 0.3) is 0 Å². The van der Waals surface area contributed by atoms with Crippen molar-refractivity contribution in [2.45, 2.75) is 26.8 Å². The number of nitrogens with zero attached hydrogens (tertiary/aromatic N) is 2. The van der Waals surface area contributed by atoms with E-state index in [0.29, 0.717) is 11.8 Å². The summed E-state index contributed by atoms with van der Waals surface area (Å²) in [6.07, 6.45) is 3.02. The predicted octanol–water partition coefficient (Wildman–Crippen LogP) is 1.65. The van der Waals surface area contributed by atoms with E-state index < -0.39 is 0 Å². The van der Waals surface area contributed by atoms with Crippen LogP contribution in [0, 0.1) is 11.8 Å². The van der Waals surface area contributed by atoms with Gasteiger partial charge in [0.2, 0.25) is 0 Å². The Bertz CT molecular complexity index is 377.